The molecule has 0 bridgehead atoms. The maximum atomic E-state index is 11.9. The van der Waals surface area contributed by atoms with Crippen LogP contribution in [0.25, 0.3) is 0 Å². The Balaban J connectivity index is 2.81. The maximum absolute atomic E-state index is 11.9. The lowest BCUT2D eigenvalue weighted by molar-refractivity contribution is -0.385. The summed E-state index contributed by atoms with van der Waals surface area (Å²) in [6.45, 7) is 4.78. The highest BCUT2D eigenvalue weighted by Crippen LogP contribution is 2.30. The van der Waals surface area contributed by atoms with Crippen molar-refractivity contribution < 1.29 is 19.2 Å². The second-order valence-corrected chi connectivity index (χ2v) is 5.40. The first-order chi connectivity index (χ1) is 10.7. The molecule has 8 nitrogen and oxygen atoms in total. The van der Waals surface area contributed by atoms with Crippen LogP contribution in [0.2, 0.25) is 0 Å². The fourth-order valence-electron chi connectivity index (χ4n) is 1.66. The Hall–Kier alpha value is -2.82. The summed E-state index contributed by atoms with van der Waals surface area (Å²) in [5.74, 6) is -0.376. The van der Waals surface area contributed by atoms with Gasteiger partial charge in [-0.25, -0.2) is 0 Å². The van der Waals surface area contributed by atoms with Crippen LogP contribution in [0.15, 0.2) is 18.2 Å². The highest BCUT2D eigenvalue weighted by atomic mass is 16.6. The molecule has 1 aromatic carbocycles. The van der Waals surface area contributed by atoms with Crippen LogP contribution in [0, 0.1) is 27.4 Å². The van der Waals surface area contributed by atoms with Gasteiger partial charge in [-0.05, 0) is 25.0 Å². The summed E-state index contributed by atoms with van der Waals surface area (Å²) < 4.78 is 10.1. The lowest BCUT2D eigenvalue weighted by atomic mass is 9.90. The fraction of sp³-hybridized carbons (Fsp3) is 0.467. The van der Waals surface area contributed by atoms with Crippen LogP contribution < -0.4 is 14.8 Å². The minimum Gasteiger partial charge on any atom is -0.496 e. The summed E-state index contributed by atoms with van der Waals surface area (Å²) in [6.07, 6.45) is 0. The van der Waals surface area contributed by atoms with Crippen molar-refractivity contribution >= 4 is 11.6 Å². The molecule has 124 valence electrons. The van der Waals surface area contributed by atoms with E-state index >= 15 is 0 Å². The first-order valence-corrected chi connectivity index (χ1v) is 6.91. The Morgan fingerprint density at radius 3 is 2.65 bits per heavy atom. The molecule has 0 aliphatic carbocycles. The molecule has 1 N–H and O–H groups in total. The van der Waals surface area contributed by atoms with Gasteiger partial charge < -0.3 is 14.8 Å². The third-order valence-corrected chi connectivity index (χ3v) is 3.51. The molecule has 0 fully saturated rings. The molecule has 0 heterocycles. The zero-order valence-corrected chi connectivity index (χ0v) is 13.5. The zero-order chi connectivity index (χ0) is 17.6. The van der Waals surface area contributed by atoms with E-state index < -0.39 is 23.0 Å². The summed E-state index contributed by atoms with van der Waals surface area (Å²) in [4.78, 5) is 22.3. The number of carbonyl (C=O) groups is 1. The molecule has 0 saturated heterocycles. The smallest absolute Gasteiger partial charge is 0.314 e. The number of amides is 1. The van der Waals surface area contributed by atoms with Crippen LogP contribution in [-0.2, 0) is 4.79 Å². The Bertz CT molecular complexity index is 638. The van der Waals surface area contributed by atoms with Gasteiger partial charge in [0.05, 0.1) is 24.2 Å². The molecular formula is C15H19N3O5. The molecule has 1 atom stereocenters. The van der Waals surface area contributed by atoms with Gasteiger partial charge in [0.2, 0.25) is 0 Å². The van der Waals surface area contributed by atoms with E-state index in [0.29, 0.717) is 5.75 Å². The van der Waals surface area contributed by atoms with Gasteiger partial charge in [0, 0.05) is 0 Å². The molecule has 0 spiro atoms. The second kappa shape index (κ2) is 7.45. The van der Waals surface area contributed by atoms with Crippen molar-refractivity contribution in [3.05, 3.63) is 28.3 Å². The number of benzene rings is 1. The van der Waals surface area contributed by atoms with Gasteiger partial charge in [-0.3, -0.25) is 14.9 Å². The van der Waals surface area contributed by atoms with Crippen molar-refractivity contribution in [3.63, 3.8) is 0 Å². The standard InChI is InChI=1S/C15H19N3O5/c1-10(2)15(3,9-16)17-14(19)8-23-13-6-5-11(22-4)7-12(13)18(20)21/h5-7,10H,8H2,1-4H3,(H,17,19)/t15-/m0/s1. The molecule has 0 aliphatic rings. The highest BCUT2D eigenvalue weighted by Gasteiger charge is 2.30. The van der Waals surface area contributed by atoms with Crippen LogP contribution in [0.1, 0.15) is 20.8 Å². The van der Waals surface area contributed by atoms with Crippen LogP contribution in [0.3, 0.4) is 0 Å². The molecule has 0 saturated carbocycles. The van der Waals surface area contributed by atoms with Crippen molar-refractivity contribution in [1.82, 2.24) is 5.32 Å². The van der Waals surface area contributed by atoms with Gasteiger partial charge in [-0.1, -0.05) is 13.8 Å². The number of hydrogen-bond acceptors (Lipinski definition) is 6. The number of nitro groups is 1. The van der Waals surface area contributed by atoms with Crippen LogP contribution in [-0.4, -0.2) is 30.1 Å². The van der Waals surface area contributed by atoms with Gasteiger partial charge in [0.15, 0.2) is 12.4 Å². The van der Waals surface area contributed by atoms with Gasteiger partial charge in [0.1, 0.15) is 11.3 Å². The van der Waals surface area contributed by atoms with Crippen LogP contribution in [0.5, 0.6) is 11.5 Å². The van der Waals surface area contributed by atoms with E-state index in [0.717, 1.165) is 0 Å². The van der Waals surface area contributed by atoms with E-state index in [1.165, 1.54) is 25.3 Å². The quantitative estimate of drug-likeness (QED) is 0.607. The largest absolute Gasteiger partial charge is 0.496 e. The Kier molecular flexibility index (Phi) is 5.90. The number of nitrogens with zero attached hydrogens (tertiary/aromatic N) is 2. The molecule has 0 aromatic heterocycles. The number of carbonyl (C=O) groups excluding carboxylic acids is 1. The Morgan fingerprint density at radius 2 is 2.17 bits per heavy atom. The summed E-state index contributed by atoms with van der Waals surface area (Å²) >= 11 is 0. The SMILES string of the molecule is COc1ccc(OCC(=O)N[C@@](C)(C#N)C(C)C)c([N+](=O)[O-])c1. The van der Waals surface area contributed by atoms with E-state index in [9.17, 15) is 14.9 Å². The number of nitriles is 1. The molecular weight excluding hydrogens is 302 g/mol. The number of nitro benzene ring substituents is 1. The maximum Gasteiger partial charge on any atom is 0.314 e. The molecule has 1 amide bonds. The van der Waals surface area contributed by atoms with E-state index in [1.54, 1.807) is 20.8 Å². The van der Waals surface area contributed by atoms with E-state index in [4.69, 9.17) is 14.7 Å². The minimum atomic E-state index is -1.04. The molecule has 8 heteroatoms. The van der Waals surface area contributed by atoms with Gasteiger partial charge in [-0.15, -0.1) is 0 Å². The van der Waals surface area contributed by atoms with Crippen molar-refractivity contribution in [1.29, 1.82) is 5.26 Å². The minimum absolute atomic E-state index is 0.0471. The van der Waals surface area contributed by atoms with Gasteiger partial charge >= 0.3 is 5.69 Å². The van der Waals surface area contributed by atoms with Crippen molar-refractivity contribution in [3.8, 4) is 17.6 Å². The van der Waals surface area contributed by atoms with Gasteiger partial charge in [-0.2, -0.15) is 5.26 Å². The summed E-state index contributed by atoms with van der Waals surface area (Å²) in [6, 6.07) is 6.10. The summed E-state index contributed by atoms with van der Waals surface area (Å²) in [5, 5.41) is 22.7. The average molecular weight is 321 g/mol. The first-order valence-electron chi connectivity index (χ1n) is 6.91. The van der Waals surface area contributed by atoms with Crippen LogP contribution >= 0.6 is 0 Å². The molecule has 0 unspecified atom stereocenters. The molecule has 1 rings (SSSR count). The third-order valence-electron chi connectivity index (χ3n) is 3.51. The lowest BCUT2D eigenvalue weighted by Crippen LogP contribution is -2.50. The number of ether oxygens (including phenoxy) is 2. The van der Waals surface area contributed by atoms with Crippen molar-refractivity contribution in [2.75, 3.05) is 13.7 Å². The predicted octanol–water partition coefficient (Wildman–Crippen LogP) is 2.04. The summed E-state index contributed by atoms with van der Waals surface area (Å²) in [7, 11) is 1.39. The summed E-state index contributed by atoms with van der Waals surface area (Å²) in [5.41, 5.74) is -1.34. The van der Waals surface area contributed by atoms with E-state index in [2.05, 4.69) is 5.32 Å². The normalized spacial score (nSPS) is 12.9. The van der Waals surface area contributed by atoms with E-state index in [-0.39, 0.29) is 17.4 Å². The average Bonchev–Trinajstić information content (AvgIpc) is 2.52. The van der Waals surface area contributed by atoms with Crippen molar-refractivity contribution in [2.24, 2.45) is 5.92 Å². The van der Waals surface area contributed by atoms with Crippen LogP contribution in [0.4, 0.5) is 5.69 Å². The monoisotopic (exact) mass is 321 g/mol. The zero-order valence-electron chi connectivity index (χ0n) is 13.5. The highest BCUT2D eigenvalue weighted by molar-refractivity contribution is 5.79. The first kappa shape index (κ1) is 18.2. The van der Waals surface area contributed by atoms with Crippen molar-refractivity contribution in [2.45, 2.75) is 26.3 Å². The Morgan fingerprint density at radius 1 is 1.52 bits per heavy atom. The predicted molar refractivity (Wildman–Crippen MR) is 82.1 cm³/mol. The Labute approximate surface area is 134 Å². The topological polar surface area (TPSA) is 114 Å². The number of nitrogens with one attached hydrogen (secondary N) is 1. The number of hydrogen-bond donors (Lipinski definition) is 1. The molecule has 0 aliphatic heterocycles. The van der Waals surface area contributed by atoms with E-state index in [1.807, 2.05) is 6.07 Å². The molecule has 23 heavy (non-hydrogen) atoms. The number of methoxy groups -OCH3 is 1. The fourth-order valence-corrected chi connectivity index (χ4v) is 1.66. The molecule has 1 aromatic rings. The molecule has 0 radical (unpaired) electrons. The second-order valence-electron chi connectivity index (χ2n) is 5.40. The van der Waals surface area contributed by atoms with Gasteiger partial charge in [0.25, 0.3) is 5.91 Å². The number of rotatable bonds is 7. The lowest BCUT2D eigenvalue weighted by Gasteiger charge is -2.27. The third kappa shape index (κ3) is 4.57.